The molecule has 1 atom stereocenters. The number of nitrogens with zero attached hydrogens (tertiary/aromatic N) is 2. The number of hydrogen-bond donors (Lipinski definition) is 1. The molecule has 0 bridgehead atoms. The number of fused-ring (bicyclic) bond motifs is 1. The van der Waals surface area contributed by atoms with Crippen LogP contribution in [0.3, 0.4) is 0 Å². The van der Waals surface area contributed by atoms with Crippen molar-refractivity contribution >= 4 is 17.5 Å². The number of aryl methyl sites for hydroxylation is 2. The number of anilines is 1. The number of nitrogens with one attached hydrogen (secondary N) is 1. The first-order valence-electron chi connectivity index (χ1n) is 13.4. The molecule has 1 unspecified atom stereocenters. The Morgan fingerprint density at radius 2 is 1.72 bits per heavy atom. The first-order chi connectivity index (χ1) is 18.9. The predicted molar refractivity (Wildman–Crippen MR) is 148 cm³/mol. The molecule has 2 heterocycles. The van der Waals surface area contributed by atoms with Crippen LogP contribution in [0.1, 0.15) is 63.1 Å². The summed E-state index contributed by atoms with van der Waals surface area (Å²) in [6, 6.07) is 21.9. The normalized spacial score (nSPS) is 16.5. The van der Waals surface area contributed by atoms with Gasteiger partial charge in [-0.3, -0.25) is 9.59 Å². The first kappa shape index (κ1) is 24.9. The Hall–Kier alpha value is -4.39. The van der Waals surface area contributed by atoms with Gasteiger partial charge in [0.15, 0.2) is 12.3 Å². The number of amides is 2. The van der Waals surface area contributed by atoms with Gasteiger partial charge in [-0.1, -0.05) is 53.6 Å². The zero-order chi connectivity index (χ0) is 26.9. The van der Waals surface area contributed by atoms with Crippen molar-refractivity contribution in [3.8, 4) is 5.75 Å². The molecule has 1 aliphatic carbocycles. The van der Waals surface area contributed by atoms with Crippen molar-refractivity contribution in [2.45, 2.75) is 45.8 Å². The fourth-order valence-electron chi connectivity index (χ4n) is 5.05. The Morgan fingerprint density at radius 1 is 1.00 bits per heavy atom. The minimum Gasteiger partial charge on any atom is -0.484 e. The van der Waals surface area contributed by atoms with E-state index in [1.54, 1.807) is 0 Å². The van der Waals surface area contributed by atoms with E-state index in [0.717, 1.165) is 36.0 Å². The quantitative estimate of drug-likeness (QED) is 0.322. The standard InChI is InChI=1S/C32H31N3O4/c1-20-3-7-23(8-4-20)30-27-17-26(14-11-22(27)15-16-35(30)32(37)24-9-10-24)38-19-29-34-28(18-39-29)31(36)33-25-12-5-21(2)6-13-25/h3-8,11-14,17-18,24,30H,9-10,15-16,19H2,1-2H3,(H,33,36). The maximum atomic E-state index is 13.2. The van der Waals surface area contributed by atoms with E-state index in [1.165, 1.54) is 17.4 Å². The second-order valence-corrected chi connectivity index (χ2v) is 10.5. The van der Waals surface area contributed by atoms with Crippen molar-refractivity contribution in [3.63, 3.8) is 0 Å². The third kappa shape index (κ3) is 5.43. The highest BCUT2D eigenvalue weighted by Gasteiger charge is 2.39. The van der Waals surface area contributed by atoms with Gasteiger partial charge in [0.25, 0.3) is 5.91 Å². The summed E-state index contributed by atoms with van der Waals surface area (Å²) in [5.41, 5.74) is 6.59. The lowest BCUT2D eigenvalue weighted by Crippen LogP contribution is -2.41. The molecule has 2 amide bonds. The van der Waals surface area contributed by atoms with Gasteiger partial charge in [0.05, 0.1) is 6.04 Å². The molecule has 1 saturated carbocycles. The van der Waals surface area contributed by atoms with Gasteiger partial charge in [0.1, 0.15) is 12.0 Å². The number of ether oxygens (including phenoxy) is 1. The van der Waals surface area contributed by atoms with Crippen LogP contribution in [0.25, 0.3) is 0 Å². The summed E-state index contributed by atoms with van der Waals surface area (Å²) < 4.78 is 11.6. The molecule has 1 aromatic heterocycles. The summed E-state index contributed by atoms with van der Waals surface area (Å²) in [5.74, 6) is 1.02. The maximum absolute atomic E-state index is 13.2. The van der Waals surface area contributed by atoms with Crippen LogP contribution in [0.15, 0.2) is 77.4 Å². The van der Waals surface area contributed by atoms with Gasteiger partial charge in [-0.05, 0) is 74.1 Å². The number of carbonyl (C=O) groups is 2. The molecule has 7 nitrogen and oxygen atoms in total. The lowest BCUT2D eigenvalue weighted by molar-refractivity contribution is -0.134. The zero-order valence-electron chi connectivity index (χ0n) is 22.1. The fourth-order valence-corrected chi connectivity index (χ4v) is 5.05. The monoisotopic (exact) mass is 521 g/mol. The number of oxazole rings is 1. The lowest BCUT2D eigenvalue weighted by Gasteiger charge is -2.38. The van der Waals surface area contributed by atoms with Crippen LogP contribution in [-0.2, 0) is 17.8 Å². The average Bonchev–Trinajstić information content (AvgIpc) is 3.69. The Kier molecular flexibility index (Phi) is 6.65. The van der Waals surface area contributed by atoms with Gasteiger partial charge in [-0.2, -0.15) is 0 Å². The van der Waals surface area contributed by atoms with E-state index < -0.39 is 0 Å². The van der Waals surface area contributed by atoms with Crippen LogP contribution in [0.2, 0.25) is 0 Å². The second kappa shape index (κ2) is 10.4. The molecule has 6 rings (SSSR count). The van der Waals surface area contributed by atoms with Crippen LogP contribution >= 0.6 is 0 Å². The average molecular weight is 522 g/mol. The molecule has 0 radical (unpaired) electrons. The minimum atomic E-state index is -0.344. The van der Waals surface area contributed by atoms with Crippen molar-refractivity contribution in [2.24, 2.45) is 5.92 Å². The molecular formula is C32H31N3O4. The van der Waals surface area contributed by atoms with Gasteiger partial charge in [-0.15, -0.1) is 0 Å². The van der Waals surface area contributed by atoms with Crippen LogP contribution in [0.5, 0.6) is 5.75 Å². The summed E-state index contributed by atoms with van der Waals surface area (Å²) >= 11 is 0. The molecule has 1 N–H and O–H groups in total. The molecule has 1 fully saturated rings. The third-order valence-electron chi connectivity index (χ3n) is 7.40. The predicted octanol–water partition coefficient (Wildman–Crippen LogP) is 6.01. The molecule has 39 heavy (non-hydrogen) atoms. The summed E-state index contributed by atoms with van der Waals surface area (Å²) in [5, 5.41) is 2.82. The summed E-state index contributed by atoms with van der Waals surface area (Å²) in [4.78, 5) is 32.2. The number of hydrogen-bond acceptors (Lipinski definition) is 5. The van der Waals surface area contributed by atoms with Gasteiger partial charge in [0.2, 0.25) is 11.8 Å². The molecular weight excluding hydrogens is 490 g/mol. The first-order valence-corrected chi connectivity index (χ1v) is 13.4. The van der Waals surface area contributed by atoms with Crippen molar-refractivity contribution in [2.75, 3.05) is 11.9 Å². The molecule has 7 heteroatoms. The molecule has 198 valence electrons. The highest BCUT2D eigenvalue weighted by Crippen LogP contribution is 2.41. The van der Waals surface area contributed by atoms with Crippen LogP contribution in [0.4, 0.5) is 5.69 Å². The summed E-state index contributed by atoms with van der Waals surface area (Å²) in [7, 11) is 0. The van der Waals surface area contributed by atoms with Crippen molar-refractivity contribution in [1.29, 1.82) is 0 Å². The largest absolute Gasteiger partial charge is 0.484 e. The molecule has 4 aromatic rings. The lowest BCUT2D eigenvalue weighted by atomic mass is 9.87. The second-order valence-electron chi connectivity index (χ2n) is 10.5. The van der Waals surface area contributed by atoms with Crippen molar-refractivity contribution in [3.05, 3.63) is 112 Å². The van der Waals surface area contributed by atoms with Gasteiger partial charge < -0.3 is 19.4 Å². The Bertz CT molecular complexity index is 1500. The van der Waals surface area contributed by atoms with Crippen molar-refractivity contribution < 1.29 is 18.7 Å². The van der Waals surface area contributed by atoms with E-state index in [1.807, 2.05) is 48.2 Å². The van der Waals surface area contributed by atoms with Crippen LogP contribution in [-0.4, -0.2) is 28.2 Å². The van der Waals surface area contributed by atoms with Gasteiger partial charge >= 0.3 is 0 Å². The summed E-state index contributed by atoms with van der Waals surface area (Å²) in [6.07, 6.45) is 4.11. The highest BCUT2D eigenvalue weighted by molar-refractivity contribution is 6.02. The van der Waals surface area contributed by atoms with E-state index in [-0.39, 0.29) is 36.1 Å². The van der Waals surface area contributed by atoms with Crippen molar-refractivity contribution in [1.82, 2.24) is 9.88 Å². The molecule has 1 aliphatic heterocycles. The van der Waals surface area contributed by atoms with E-state index >= 15 is 0 Å². The Labute approximate surface area is 227 Å². The van der Waals surface area contributed by atoms with E-state index in [0.29, 0.717) is 23.9 Å². The number of benzene rings is 3. The Morgan fingerprint density at radius 3 is 2.44 bits per heavy atom. The minimum absolute atomic E-state index is 0.0799. The maximum Gasteiger partial charge on any atom is 0.277 e. The van der Waals surface area contributed by atoms with Crippen LogP contribution in [0, 0.1) is 19.8 Å². The fraction of sp³-hybridized carbons (Fsp3) is 0.281. The third-order valence-corrected chi connectivity index (χ3v) is 7.40. The van der Waals surface area contributed by atoms with Gasteiger partial charge in [-0.25, -0.2) is 4.98 Å². The summed E-state index contributed by atoms with van der Waals surface area (Å²) in [6.45, 7) is 4.85. The number of rotatable bonds is 7. The topological polar surface area (TPSA) is 84.7 Å². The highest BCUT2D eigenvalue weighted by atomic mass is 16.5. The Balaban J connectivity index is 1.19. The van der Waals surface area contributed by atoms with E-state index in [9.17, 15) is 9.59 Å². The number of aromatic nitrogens is 1. The SMILES string of the molecule is Cc1ccc(NC(=O)c2coc(COc3ccc4c(c3)C(c3ccc(C)cc3)N(C(=O)C3CC3)CC4)n2)cc1. The zero-order valence-corrected chi connectivity index (χ0v) is 22.1. The van der Waals surface area contributed by atoms with Gasteiger partial charge in [0, 0.05) is 18.2 Å². The molecule has 0 spiro atoms. The smallest absolute Gasteiger partial charge is 0.277 e. The van der Waals surface area contributed by atoms with E-state index in [2.05, 4.69) is 47.6 Å². The molecule has 0 saturated heterocycles. The number of carbonyl (C=O) groups excluding carboxylic acids is 2. The van der Waals surface area contributed by atoms with Crippen LogP contribution < -0.4 is 10.1 Å². The molecule has 3 aromatic carbocycles. The van der Waals surface area contributed by atoms with E-state index in [4.69, 9.17) is 9.15 Å². The molecule has 2 aliphatic rings.